The van der Waals surface area contributed by atoms with Crippen LogP contribution in [0.25, 0.3) is 0 Å². The third kappa shape index (κ3) is 2.41. The highest BCUT2D eigenvalue weighted by Crippen LogP contribution is 2.29. The van der Waals surface area contributed by atoms with E-state index in [1.54, 1.807) is 28.2 Å². The number of halogens is 2. The lowest BCUT2D eigenvalue weighted by molar-refractivity contribution is 0.206. The Morgan fingerprint density at radius 1 is 1.25 bits per heavy atom. The Balaban J connectivity index is 2.15. The first-order valence-electron chi connectivity index (χ1n) is 4.77. The van der Waals surface area contributed by atoms with Crippen molar-refractivity contribution in [3.05, 3.63) is 40.6 Å². The molecule has 0 bridgehead atoms. The van der Waals surface area contributed by atoms with Crippen LogP contribution in [0, 0.1) is 0 Å². The fraction of sp³-hybridized carbons (Fsp3) is 0.200. The number of aliphatic hydroxyl groups excluding tert-OH is 1. The number of hydrogen-bond donors (Lipinski definition) is 2. The molecule has 0 spiro atoms. The first kappa shape index (κ1) is 11.5. The Morgan fingerprint density at radius 2 is 2.06 bits per heavy atom. The summed E-state index contributed by atoms with van der Waals surface area (Å²) in [4.78, 5) is 0. The normalized spacial score (nSPS) is 14.9. The van der Waals surface area contributed by atoms with Crippen molar-refractivity contribution >= 4 is 28.9 Å². The van der Waals surface area contributed by atoms with Gasteiger partial charge in [0.1, 0.15) is 0 Å². The fourth-order valence-electron chi connectivity index (χ4n) is 1.39. The molecule has 2 N–H and O–H groups in total. The number of benzene rings is 1. The van der Waals surface area contributed by atoms with E-state index in [1.807, 2.05) is 12.4 Å². The number of rotatable bonds is 3. The number of anilines is 1. The van der Waals surface area contributed by atoms with Crippen molar-refractivity contribution in [2.24, 2.45) is 0 Å². The highest BCUT2D eigenvalue weighted by atomic mass is 35.5. The van der Waals surface area contributed by atoms with Gasteiger partial charge in [0.2, 0.25) is 0 Å². The topological polar surface area (TPSA) is 38.7 Å². The molecule has 0 unspecified atom stereocenters. The summed E-state index contributed by atoms with van der Waals surface area (Å²) in [7, 11) is 0. The fourth-order valence-corrected chi connectivity index (χ4v) is 1.76. The van der Waals surface area contributed by atoms with Crippen molar-refractivity contribution < 1.29 is 5.11 Å². The Labute approximate surface area is 104 Å². The van der Waals surface area contributed by atoms with Crippen LogP contribution in [0.1, 0.15) is 0 Å². The van der Waals surface area contributed by atoms with Crippen LogP contribution in [0.15, 0.2) is 30.6 Å². The molecule has 0 aromatic heterocycles. The Hall–Kier alpha value is -0.940. The molecule has 86 valence electrons. The molecule has 1 aliphatic heterocycles. The van der Waals surface area contributed by atoms with Crippen LogP contribution in [0.4, 0.5) is 5.69 Å². The minimum absolute atomic E-state index is 0.0778. The summed E-state index contributed by atoms with van der Waals surface area (Å²) in [5.41, 5.74) is 3.80. The van der Waals surface area contributed by atoms with Crippen LogP contribution < -0.4 is 10.5 Å². The second-order valence-corrected chi connectivity index (χ2v) is 4.12. The molecule has 1 aromatic carbocycles. The van der Waals surface area contributed by atoms with Gasteiger partial charge in [0.05, 0.1) is 23.9 Å². The Morgan fingerprint density at radius 3 is 2.81 bits per heavy atom. The van der Waals surface area contributed by atoms with Crippen molar-refractivity contribution in [1.82, 2.24) is 10.5 Å². The lowest BCUT2D eigenvalue weighted by atomic mass is 10.3. The third-order valence-corrected chi connectivity index (χ3v) is 2.70. The molecule has 1 heterocycles. The average molecular weight is 260 g/mol. The summed E-state index contributed by atoms with van der Waals surface area (Å²) in [5, 5.41) is 13.5. The number of β-amino-alcohol motifs (C(OH)–C–C–N with tert-alkyl or cyclic N) is 1. The maximum atomic E-state index is 8.80. The van der Waals surface area contributed by atoms with Gasteiger partial charge >= 0.3 is 0 Å². The van der Waals surface area contributed by atoms with E-state index in [1.165, 1.54) is 0 Å². The largest absolute Gasteiger partial charge is 0.394 e. The summed E-state index contributed by atoms with van der Waals surface area (Å²) < 4.78 is 0. The maximum absolute atomic E-state index is 8.80. The summed E-state index contributed by atoms with van der Waals surface area (Å²) in [6.07, 6.45) is 3.63. The smallest absolute Gasteiger partial charge is 0.0790 e. The second kappa shape index (κ2) is 4.93. The summed E-state index contributed by atoms with van der Waals surface area (Å²) >= 11 is 12.0. The van der Waals surface area contributed by atoms with Crippen molar-refractivity contribution in [2.75, 3.05) is 18.2 Å². The van der Waals surface area contributed by atoms with E-state index in [9.17, 15) is 0 Å². The molecule has 1 aliphatic rings. The quantitative estimate of drug-likeness (QED) is 0.871. The SMILES string of the molecule is OCCN1C=CN(c2cc(Cl)ccc2Cl)N1. The van der Waals surface area contributed by atoms with Crippen molar-refractivity contribution in [1.29, 1.82) is 0 Å². The van der Waals surface area contributed by atoms with Gasteiger partial charge in [0.15, 0.2) is 0 Å². The third-order valence-electron chi connectivity index (χ3n) is 2.14. The number of aliphatic hydroxyl groups is 1. The van der Waals surface area contributed by atoms with Crippen molar-refractivity contribution in [3.8, 4) is 0 Å². The summed E-state index contributed by atoms with van der Waals surface area (Å²) in [6.45, 7) is 0.583. The van der Waals surface area contributed by atoms with Crippen LogP contribution in [-0.2, 0) is 0 Å². The summed E-state index contributed by atoms with van der Waals surface area (Å²) in [6, 6.07) is 5.24. The predicted octanol–water partition coefficient (Wildman–Crippen LogP) is 2.00. The highest BCUT2D eigenvalue weighted by molar-refractivity contribution is 6.35. The minimum Gasteiger partial charge on any atom is -0.394 e. The van der Waals surface area contributed by atoms with Crippen molar-refractivity contribution in [3.63, 3.8) is 0 Å². The molecular formula is C10H11Cl2N3O. The van der Waals surface area contributed by atoms with Crippen LogP contribution in [0.3, 0.4) is 0 Å². The molecular weight excluding hydrogens is 249 g/mol. The van der Waals surface area contributed by atoms with Crippen LogP contribution >= 0.6 is 23.2 Å². The molecule has 16 heavy (non-hydrogen) atoms. The average Bonchev–Trinajstić information content (AvgIpc) is 2.71. The molecule has 0 saturated carbocycles. The molecule has 2 rings (SSSR count). The number of nitrogens with zero attached hydrogens (tertiary/aromatic N) is 2. The van der Waals surface area contributed by atoms with Gasteiger partial charge in [-0.3, -0.25) is 10.0 Å². The monoisotopic (exact) mass is 259 g/mol. The molecule has 0 saturated heterocycles. The lowest BCUT2D eigenvalue weighted by Gasteiger charge is -2.22. The number of hydrazine groups is 2. The van der Waals surface area contributed by atoms with Gasteiger partial charge in [-0.2, -0.15) is 0 Å². The van der Waals surface area contributed by atoms with E-state index in [0.717, 1.165) is 5.69 Å². The predicted molar refractivity (Wildman–Crippen MR) is 65.0 cm³/mol. The zero-order valence-corrected chi connectivity index (χ0v) is 9.91. The number of hydrogen-bond acceptors (Lipinski definition) is 4. The standard InChI is InChI=1S/C10H11Cl2N3O/c11-8-1-2-9(12)10(7-8)15-4-3-14(13-15)5-6-16/h1-4,7,13,16H,5-6H2. The van der Waals surface area contributed by atoms with E-state index >= 15 is 0 Å². The zero-order chi connectivity index (χ0) is 11.5. The van der Waals surface area contributed by atoms with Crippen molar-refractivity contribution in [2.45, 2.75) is 0 Å². The van der Waals surface area contributed by atoms with Gasteiger partial charge in [0.25, 0.3) is 0 Å². The van der Waals surface area contributed by atoms with Gasteiger partial charge in [-0.05, 0) is 18.2 Å². The zero-order valence-electron chi connectivity index (χ0n) is 8.40. The molecule has 0 aliphatic carbocycles. The van der Waals surface area contributed by atoms with Crippen LogP contribution in [-0.4, -0.2) is 23.3 Å². The van der Waals surface area contributed by atoms with E-state index in [2.05, 4.69) is 5.53 Å². The van der Waals surface area contributed by atoms with Gasteiger partial charge < -0.3 is 5.11 Å². The van der Waals surface area contributed by atoms with E-state index in [4.69, 9.17) is 28.3 Å². The van der Waals surface area contributed by atoms with Gasteiger partial charge in [-0.25, -0.2) is 0 Å². The molecule has 0 fully saturated rings. The van der Waals surface area contributed by atoms with Gasteiger partial charge in [0, 0.05) is 17.4 Å². The first-order chi connectivity index (χ1) is 7.70. The van der Waals surface area contributed by atoms with Gasteiger partial charge in [-0.1, -0.05) is 23.2 Å². The highest BCUT2D eigenvalue weighted by Gasteiger charge is 2.15. The van der Waals surface area contributed by atoms with Crippen LogP contribution in [0.5, 0.6) is 0 Å². The van der Waals surface area contributed by atoms with E-state index in [-0.39, 0.29) is 6.61 Å². The minimum atomic E-state index is 0.0778. The van der Waals surface area contributed by atoms with Crippen LogP contribution in [0.2, 0.25) is 10.0 Å². The maximum Gasteiger partial charge on any atom is 0.0790 e. The summed E-state index contributed by atoms with van der Waals surface area (Å²) in [5.74, 6) is 0. The molecule has 0 radical (unpaired) electrons. The molecule has 0 amide bonds. The van der Waals surface area contributed by atoms with E-state index < -0.39 is 0 Å². The van der Waals surface area contributed by atoms with Gasteiger partial charge in [-0.15, -0.1) is 5.53 Å². The number of nitrogens with one attached hydrogen (secondary N) is 1. The first-order valence-corrected chi connectivity index (χ1v) is 5.52. The Bertz CT molecular complexity index is 411. The molecule has 0 atom stereocenters. The molecule has 4 nitrogen and oxygen atoms in total. The lowest BCUT2D eigenvalue weighted by Crippen LogP contribution is -2.40. The van der Waals surface area contributed by atoms with E-state index in [0.29, 0.717) is 16.6 Å². The second-order valence-electron chi connectivity index (χ2n) is 3.28. The Kier molecular flexibility index (Phi) is 3.56. The molecule has 1 aromatic rings. The molecule has 6 heteroatoms.